The predicted molar refractivity (Wildman–Crippen MR) is 97.5 cm³/mol. The van der Waals surface area contributed by atoms with Gasteiger partial charge in [-0.05, 0) is 18.2 Å². The third-order valence-electron chi connectivity index (χ3n) is 2.83. The van der Waals surface area contributed by atoms with E-state index in [0.717, 1.165) is 0 Å². The highest BCUT2D eigenvalue weighted by Gasteiger charge is 1.99. The van der Waals surface area contributed by atoms with E-state index in [-0.39, 0.29) is 0 Å². The smallest absolute Gasteiger partial charge is 0.107 e. The van der Waals surface area contributed by atoms with E-state index in [0.29, 0.717) is 75.9 Å². The molecule has 0 bridgehead atoms. The van der Waals surface area contributed by atoms with E-state index in [2.05, 4.69) is 11.4 Å². The first-order valence-electron chi connectivity index (χ1n) is 7.91. The van der Waals surface area contributed by atoms with Crippen LogP contribution in [-0.2, 0) is 23.8 Å². The van der Waals surface area contributed by atoms with Gasteiger partial charge in [0, 0.05) is 5.02 Å². The Labute approximate surface area is 153 Å². The van der Waals surface area contributed by atoms with Crippen LogP contribution >= 0.6 is 11.6 Å². The van der Waals surface area contributed by atoms with Crippen LogP contribution in [0.2, 0.25) is 5.02 Å². The maximum atomic E-state index is 5.81. The van der Waals surface area contributed by atoms with E-state index in [9.17, 15) is 0 Å². The van der Waals surface area contributed by atoms with Crippen molar-refractivity contribution < 1.29 is 23.8 Å². The Morgan fingerprint density at radius 3 is 2.04 bits per heavy atom. The Morgan fingerprint density at radius 2 is 1.48 bits per heavy atom. The highest BCUT2D eigenvalue weighted by Crippen LogP contribution is 2.22. The highest BCUT2D eigenvalue weighted by atomic mass is 35.5. The van der Waals surface area contributed by atoms with Crippen molar-refractivity contribution in [3.05, 3.63) is 23.2 Å². The van der Waals surface area contributed by atoms with Crippen LogP contribution in [0.1, 0.15) is 0 Å². The van der Waals surface area contributed by atoms with Crippen LogP contribution in [0.3, 0.4) is 0 Å². The number of anilines is 2. The van der Waals surface area contributed by atoms with Crippen LogP contribution in [-0.4, -0.2) is 59.5 Å². The second-order valence-corrected chi connectivity index (χ2v) is 5.21. The fourth-order valence-electron chi connectivity index (χ4n) is 1.65. The summed E-state index contributed by atoms with van der Waals surface area (Å²) in [7, 11) is 0. The Kier molecular flexibility index (Phi) is 12.7. The van der Waals surface area contributed by atoms with Gasteiger partial charge < -0.3 is 24.7 Å². The number of hydrogen-bond donors (Lipinski definition) is 2. The first kappa shape index (κ1) is 21.5. The average molecular weight is 373 g/mol. The van der Waals surface area contributed by atoms with Gasteiger partial charge in [-0.25, -0.2) is 0 Å². The fourth-order valence-corrected chi connectivity index (χ4v) is 1.83. The maximum absolute atomic E-state index is 5.81. The summed E-state index contributed by atoms with van der Waals surface area (Å²) in [5.41, 5.74) is 9.72. The predicted octanol–water partition coefficient (Wildman–Crippen LogP) is 1.97. The molecule has 0 amide bonds. The van der Waals surface area contributed by atoms with Gasteiger partial charge in [0.2, 0.25) is 0 Å². The molecule has 140 valence electrons. The summed E-state index contributed by atoms with van der Waals surface area (Å²) in [5.74, 6) is 2.38. The molecule has 0 unspecified atom stereocenters. The van der Waals surface area contributed by atoms with Gasteiger partial charge in [-0.1, -0.05) is 17.5 Å². The number of ether oxygens (including phenoxy) is 4. The first-order valence-corrected chi connectivity index (χ1v) is 8.29. The van der Waals surface area contributed by atoms with Gasteiger partial charge >= 0.3 is 0 Å². The quantitative estimate of drug-likeness (QED) is 0.211. The van der Waals surface area contributed by atoms with Crippen LogP contribution in [0.25, 0.3) is 0 Å². The Hall–Kier alpha value is -1.53. The molecule has 1 rings (SSSR count). The van der Waals surface area contributed by atoms with Crippen LogP contribution in [0.15, 0.2) is 18.2 Å². The molecular weight excluding hydrogens is 348 g/mol. The zero-order valence-electron chi connectivity index (χ0n) is 14.2. The zero-order valence-corrected chi connectivity index (χ0v) is 14.9. The van der Waals surface area contributed by atoms with Crippen molar-refractivity contribution in [2.45, 2.75) is 0 Å². The summed E-state index contributed by atoms with van der Waals surface area (Å²) >= 11 is 5.81. The van der Waals surface area contributed by atoms with Crippen LogP contribution in [0.4, 0.5) is 11.4 Å². The summed E-state index contributed by atoms with van der Waals surface area (Å²) in [6, 6.07) is 5.12. The molecule has 8 heteroatoms. The third kappa shape index (κ3) is 11.6. The molecule has 1 aromatic rings. The number of terminal acetylenes is 1. The minimum Gasteiger partial charge on any atom is -0.397 e. The lowest BCUT2D eigenvalue weighted by molar-refractivity contribution is -0.00560. The molecule has 0 atom stereocenters. The van der Waals surface area contributed by atoms with E-state index in [4.69, 9.17) is 47.5 Å². The van der Waals surface area contributed by atoms with Crippen LogP contribution in [0, 0.1) is 12.3 Å². The largest absolute Gasteiger partial charge is 0.397 e. The van der Waals surface area contributed by atoms with E-state index in [1.165, 1.54) is 0 Å². The molecule has 0 radical (unpaired) electrons. The number of nitrogens with two attached hydrogens (primary N) is 1. The molecule has 0 aliphatic heterocycles. The van der Waals surface area contributed by atoms with Crippen molar-refractivity contribution in [1.82, 2.24) is 0 Å². The lowest BCUT2D eigenvalue weighted by atomic mass is 10.3. The highest BCUT2D eigenvalue weighted by molar-refractivity contribution is 6.31. The minimum absolute atomic E-state index is 0.309. The number of rotatable bonds is 15. The summed E-state index contributed by atoms with van der Waals surface area (Å²) in [6.45, 7) is 4.11. The van der Waals surface area contributed by atoms with Crippen molar-refractivity contribution in [3.63, 3.8) is 0 Å². The molecule has 1 aromatic carbocycles. The topological polar surface area (TPSA) is 84.2 Å². The van der Waals surface area contributed by atoms with Crippen LogP contribution < -0.4 is 11.2 Å². The molecule has 0 saturated heterocycles. The monoisotopic (exact) mass is 372 g/mol. The molecule has 7 nitrogen and oxygen atoms in total. The van der Waals surface area contributed by atoms with Crippen molar-refractivity contribution in [2.24, 2.45) is 0 Å². The Balaban J connectivity index is 1.82. The normalized spacial score (nSPS) is 10.6. The number of nitrogen functional groups attached to an aromatic ring is 1. The summed E-state index contributed by atoms with van der Waals surface area (Å²) in [6.07, 6.45) is 5.04. The molecule has 0 aromatic heterocycles. The average Bonchev–Trinajstić information content (AvgIpc) is 2.60. The number of benzene rings is 1. The Morgan fingerprint density at radius 1 is 0.920 bits per heavy atom. The lowest BCUT2D eigenvalue weighted by Gasteiger charge is -2.10. The van der Waals surface area contributed by atoms with Gasteiger partial charge in [0.15, 0.2) is 0 Å². The SMILES string of the molecule is C#CCOCCOCCOCCOCCONc1ccc(Cl)cc1N. The maximum Gasteiger partial charge on any atom is 0.107 e. The van der Waals surface area contributed by atoms with Gasteiger partial charge in [-0.2, -0.15) is 0 Å². The van der Waals surface area contributed by atoms with Gasteiger partial charge in [-0.3, -0.25) is 10.3 Å². The second kappa shape index (κ2) is 14.8. The molecule has 0 heterocycles. The number of hydrogen-bond acceptors (Lipinski definition) is 7. The third-order valence-corrected chi connectivity index (χ3v) is 3.06. The zero-order chi connectivity index (χ0) is 18.2. The molecule has 0 fully saturated rings. The molecule has 0 aliphatic rings. The van der Waals surface area contributed by atoms with Crippen molar-refractivity contribution in [2.75, 3.05) is 70.7 Å². The standard InChI is InChI=1S/C17H25ClN2O5/c1-2-5-21-6-7-22-8-9-23-10-11-24-12-13-25-20-17-4-3-15(18)14-16(17)19/h1,3-4,14,20H,5-13,19H2. The van der Waals surface area contributed by atoms with E-state index in [1.807, 2.05) is 0 Å². The van der Waals surface area contributed by atoms with E-state index >= 15 is 0 Å². The molecular formula is C17H25ClN2O5. The second-order valence-electron chi connectivity index (χ2n) is 4.78. The van der Waals surface area contributed by atoms with Gasteiger partial charge in [0.05, 0.1) is 64.2 Å². The van der Waals surface area contributed by atoms with E-state index in [1.54, 1.807) is 18.2 Å². The molecule has 0 spiro atoms. The van der Waals surface area contributed by atoms with Gasteiger partial charge in [0.1, 0.15) is 6.61 Å². The van der Waals surface area contributed by atoms with Crippen LogP contribution in [0.5, 0.6) is 0 Å². The van der Waals surface area contributed by atoms with Crippen molar-refractivity contribution >= 4 is 23.0 Å². The van der Waals surface area contributed by atoms with Crippen molar-refractivity contribution in [1.29, 1.82) is 0 Å². The minimum atomic E-state index is 0.309. The number of nitrogens with one attached hydrogen (secondary N) is 1. The molecule has 0 saturated carbocycles. The fraction of sp³-hybridized carbons (Fsp3) is 0.529. The first-order chi connectivity index (χ1) is 12.2. The molecule has 3 N–H and O–H groups in total. The molecule has 0 aliphatic carbocycles. The van der Waals surface area contributed by atoms with Gasteiger partial charge in [0.25, 0.3) is 0 Å². The molecule has 25 heavy (non-hydrogen) atoms. The van der Waals surface area contributed by atoms with E-state index < -0.39 is 0 Å². The van der Waals surface area contributed by atoms with Gasteiger partial charge in [-0.15, -0.1) is 6.42 Å². The number of halogens is 1. The summed E-state index contributed by atoms with van der Waals surface area (Å²) in [4.78, 5) is 5.26. The summed E-state index contributed by atoms with van der Waals surface area (Å²) < 4.78 is 21.1. The Bertz CT molecular complexity index is 510. The lowest BCUT2D eigenvalue weighted by Crippen LogP contribution is -2.14. The summed E-state index contributed by atoms with van der Waals surface area (Å²) in [5, 5.41) is 0.578. The van der Waals surface area contributed by atoms with Crippen molar-refractivity contribution in [3.8, 4) is 12.3 Å².